The predicted octanol–water partition coefficient (Wildman–Crippen LogP) is 7.15. The van der Waals surface area contributed by atoms with E-state index in [1.807, 2.05) is 54.6 Å². The van der Waals surface area contributed by atoms with Crippen molar-refractivity contribution in [3.63, 3.8) is 0 Å². The molecule has 1 amide bonds. The summed E-state index contributed by atoms with van der Waals surface area (Å²) in [5, 5.41) is 7.85. The summed E-state index contributed by atoms with van der Waals surface area (Å²) in [5.74, 6) is 0.286. The van der Waals surface area contributed by atoms with Crippen LogP contribution in [0.2, 0.25) is 0 Å². The second-order valence-corrected chi connectivity index (χ2v) is 9.31. The minimum absolute atomic E-state index is 0.203. The molecule has 4 aromatic carbocycles. The Bertz CT molecular complexity index is 1590. The smallest absolute Gasteiger partial charge is 0.258 e. The van der Waals surface area contributed by atoms with Gasteiger partial charge >= 0.3 is 0 Å². The Kier molecular flexibility index (Phi) is 5.89. The molecule has 168 valence electrons. The fourth-order valence-electron chi connectivity index (χ4n) is 3.81. The number of nitrogens with one attached hydrogen (secondary N) is 2. The van der Waals surface area contributed by atoms with Crippen LogP contribution in [-0.2, 0) is 0 Å². The van der Waals surface area contributed by atoms with Gasteiger partial charge in [0.05, 0.1) is 0 Å². The lowest BCUT2D eigenvalue weighted by Gasteiger charge is -2.11. The van der Waals surface area contributed by atoms with Crippen molar-refractivity contribution >= 4 is 66.7 Å². The van der Waals surface area contributed by atoms with Gasteiger partial charge in [0.25, 0.3) is 5.91 Å². The van der Waals surface area contributed by atoms with Crippen LogP contribution in [0, 0.1) is 13.8 Å². The van der Waals surface area contributed by atoms with Crippen molar-refractivity contribution in [1.82, 2.24) is 10.3 Å². The molecular formula is C27H20BrN3O2S. The highest BCUT2D eigenvalue weighted by Crippen LogP contribution is 2.28. The van der Waals surface area contributed by atoms with Crippen molar-refractivity contribution in [2.24, 2.45) is 0 Å². The molecule has 2 N–H and O–H groups in total. The highest BCUT2D eigenvalue weighted by Gasteiger charge is 2.14. The zero-order chi connectivity index (χ0) is 23.8. The molecule has 0 unspecified atom stereocenters. The van der Waals surface area contributed by atoms with E-state index in [2.05, 4.69) is 57.5 Å². The number of nitrogens with zero attached hydrogens (tertiary/aromatic N) is 1. The number of aromatic nitrogens is 1. The van der Waals surface area contributed by atoms with E-state index in [1.54, 1.807) is 6.07 Å². The fourth-order valence-corrected chi connectivity index (χ4v) is 4.51. The monoisotopic (exact) mass is 529 g/mol. The van der Waals surface area contributed by atoms with Crippen LogP contribution >= 0.6 is 28.1 Å². The summed E-state index contributed by atoms with van der Waals surface area (Å²) >= 11 is 8.93. The average Bonchev–Trinajstić information content (AvgIpc) is 3.24. The molecule has 0 aliphatic rings. The van der Waals surface area contributed by atoms with Crippen LogP contribution in [-0.4, -0.2) is 16.0 Å². The van der Waals surface area contributed by atoms with Gasteiger partial charge in [0, 0.05) is 21.3 Å². The highest BCUT2D eigenvalue weighted by molar-refractivity contribution is 9.10. The number of anilines is 1. The molecule has 7 heteroatoms. The summed E-state index contributed by atoms with van der Waals surface area (Å²) in [7, 11) is 0. The van der Waals surface area contributed by atoms with Crippen LogP contribution in [0.4, 0.5) is 5.69 Å². The van der Waals surface area contributed by atoms with Gasteiger partial charge in [-0.2, -0.15) is 0 Å². The first-order valence-corrected chi connectivity index (χ1v) is 11.9. The number of oxazole rings is 1. The number of amides is 1. The standard InChI is InChI=1S/C27H20BrN3O2S/c1-15-9-10-17(13-16(15)2)26-30-23-14-18(11-12-24(23)33-26)29-27(34)31-25(32)21-7-3-6-20-19(21)5-4-8-22(20)28/h3-14H,1-2H3,(H2,29,31,32,34). The summed E-state index contributed by atoms with van der Waals surface area (Å²) in [6, 6.07) is 23.0. The number of hydrogen-bond donors (Lipinski definition) is 2. The van der Waals surface area contributed by atoms with Gasteiger partial charge in [0.1, 0.15) is 5.52 Å². The molecule has 0 aliphatic carbocycles. The van der Waals surface area contributed by atoms with Crippen molar-refractivity contribution in [2.75, 3.05) is 5.32 Å². The number of fused-ring (bicyclic) bond motifs is 2. The van der Waals surface area contributed by atoms with Crippen molar-refractivity contribution in [2.45, 2.75) is 13.8 Å². The first-order chi connectivity index (χ1) is 16.4. The normalized spacial score (nSPS) is 11.0. The number of carbonyl (C=O) groups is 1. The van der Waals surface area contributed by atoms with Gasteiger partial charge in [-0.1, -0.05) is 46.3 Å². The van der Waals surface area contributed by atoms with E-state index in [4.69, 9.17) is 16.6 Å². The van der Waals surface area contributed by atoms with Crippen LogP contribution in [0.3, 0.4) is 0 Å². The molecule has 0 saturated carbocycles. The topological polar surface area (TPSA) is 67.2 Å². The molecule has 0 spiro atoms. The lowest BCUT2D eigenvalue weighted by atomic mass is 10.0. The third kappa shape index (κ3) is 4.32. The Morgan fingerprint density at radius 3 is 2.56 bits per heavy atom. The zero-order valence-corrected chi connectivity index (χ0v) is 20.9. The van der Waals surface area contributed by atoms with E-state index in [0.717, 1.165) is 20.8 Å². The third-order valence-electron chi connectivity index (χ3n) is 5.74. The fraction of sp³-hybridized carbons (Fsp3) is 0.0741. The zero-order valence-electron chi connectivity index (χ0n) is 18.5. The second kappa shape index (κ2) is 9.00. The number of halogens is 1. The molecule has 0 saturated heterocycles. The molecular weight excluding hydrogens is 510 g/mol. The molecule has 0 atom stereocenters. The van der Waals surface area contributed by atoms with Gasteiger partial charge in [-0.15, -0.1) is 0 Å². The van der Waals surface area contributed by atoms with Crippen molar-refractivity contribution in [3.8, 4) is 11.5 Å². The molecule has 0 bridgehead atoms. The minimum Gasteiger partial charge on any atom is -0.436 e. The molecule has 5 rings (SSSR count). The number of thiocarbonyl (C=S) groups is 1. The summed E-state index contributed by atoms with van der Waals surface area (Å²) in [5.41, 5.74) is 5.96. The highest BCUT2D eigenvalue weighted by atomic mass is 79.9. The number of rotatable bonds is 3. The largest absolute Gasteiger partial charge is 0.436 e. The van der Waals surface area contributed by atoms with Crippen LogP contribution in [0.5, 0.6) is 0 Å². The maximum atomic E-state index is 12.9. The van der Waals surface area contributed by atoms with Gasteiger partial charge in [-0.05, 0) is 90.4 Å². The molecule has 0 aliphatic heterocycles. The van der Waals surface area contributed by atoms with Gasteiger partial charge in [-0.3, -0.25) is 10.1 Å². The number of carbonyl (C=O) groups excluding carboxylic acids is 1. The van der Waals surface area contributed by atoms with E-state index >= 15 is 0 Å². The summed E-state index contributed by atoms with van der Waals surface area (Å²) < 4.78 is 6.87. The Labute approximate surface area is 210 Å². The third-order valence-corrected chi connectivity index (χ3v) is 6.64. The Hall–Kier alpha value is -3.55. The van der Waals surface area contributed by atoms with E-state index in [9.17, 15) is 4.79 Å². The molecule has 1 aromatic heterocycles. The first-order valence-electron chi connectivity index (χ1n) is 10.7. The predicted molar refractivity (Wildman–Crippen MR) is 144 cm³/mol. The molecule has 1 heterocycles. The van der Waals surface area contributed by atoms with E-state index in [1.165, 1.54) is 11.1 Å². The molecule has 34 heavy (non-hydrogen) atoms. The molecule has 5 aromatic rings. The van der Waals surface area contributed by atoms with Crippen LogP contribution < -0.4 is 10.6 Å². The summed E-state index contributed by atoms with van der Waals surface area (Å²) in [6.07, 6.45) is 0. The average molecular weight is 530 g/mol. The summed E-state index contributed by atoms with van der Waals surface area (Å²) in [4.78, 5) is 17.5. The lowest BCUT2D eigenvalue weighted by Crippen LogP contribution is -2.34. The van der Waals surface area contributed by atoms with E-state index in [0.29, 0.717) is 28.2 Å². The lowest BCUT2D eigenvalue weighted by molar-refractivity contribution is 0.0979. The molecule has 5 nitrogen and oxygen atoms in total. The van der Waals surface area contributed by atoms with Gasteiger partial charge in [0.15, 0.2) is 10.7 Å². The minimum atomic E-state index is -0.277. The van der Waals surface area contributed by atoms with Crippen molar-refractivity contribution in [3.05, 3.63) is 94.0 Å². The molecule has 0 fully saturated rings. The summed E-state index contributed by atoms with van der Waals surface area (Å²) in [6.45, 7) is 4.14. The van der Waals surface area contributed by atoms with Crippen molar-refractivity contribution in [1.29, 1.82) is 0 Å². The van der Waals surface area contributed by atoms with Crippen LogP contribution in [0.1, 0.15) is 21.5 Å². The SMILES string of the molecule is Cc1ccc(-c2nc3cc(NC(=S)NC(=O)c4cccc5c(Br)cccc45)ccc3o2)cc1C. The maximum Gasteiger partial charge on any atom is 0.258 e. The number of aryl methyl sites for hydroxylation is 2. The first kappa shape index (κ1) is 22.3. The van der Waals surface area contributed by atoms with Gasteiger partial charge < -0.3 is 9.73 Å². The number of benzene rings is 4. The Morgan fingerprint density at radius 2 is 1.74 bits per heavy atom. The van der Waals surface area contributed by atoms with Crippen LogP contribution in [0.25, 0.3) is 33.3 Å². The maximum absolute atomic E-state index is 12.9. The quantitative estimate of drug-likeness (QED) is 0.243. The van der Waals surface area contributed by atoms with Crippen molar-refractivity contribution < 1.29 is 9.21 Å². The molecule has 0 radical (unpaired) electrons. The van der Waals surface area contributed by atoms with E-state index in [-0.39, 0.29) is 11.0 Å². The Balaban J connectivity index is 1.34. The van der Waals surface area contributed by atoms with Crippen LogP contribution in [0.15, 0.2) is 81.7 Å². The number of hydrogen-bond acceptors (Lipinski definition) is 4. The van der Waals surface area contributed by atoms with Gasteiger partial charge in [0.2, 0.25) is 5.89 Å². The Morgan fingerprint density at radius 1 is 0.941 bits per heavy atom. The second-order valence-electron chi connectivity index (χ2n) is 8.05. The van der Waals surface area contributed by atoms with Gasteiger partial charge in [-0.25, -0.2) is 4.98 Å². The van der Waals surface area contributed by atoms with E-state index < -0.39 is 0 Å².